The molecule has 0 atom stereocenters. The maximum absolute atomic E-state index is 11.9. The highest BCUT2D eigenvalue weighted by Crippen LogP contribution is 2.29. The summed E-state index contributed by atoms with van der Waals surface area (Å²) >= 11 is 0. The first-order valence-corrected chi connectivity index (χ1v) is 5.63. The normalized spacial score (nSPS) is 10.0. The van der Waals surface area contributed by atoms with Crippen LogP contribution in [0.4, 0.5) is 0 Å². The third-order valence-corrected chi connectivity index (χ3v) is 2.61. The van der Waals surface area contributed by atoms with Crippen LogP contribution >= 0.6 is 0 Å². The minimum atomic E-state index is -0.177. The Hall–Kier alpha value is -1.75. The third-order valence-electron chi connectivity index (χ3n) is 2.61. The van der Waals surface area contributed by atoms with Crippen molar-refractivity contribution in [3.05, 3.63) is 23.3 Å². The molecule has 1 aromatic carbocycles. The molecule has 1 N–H and O–H groups in total. The van der Waals surface area contributed by atoms with Gasteiger partial charge in [0.1, 0.15) is 11.5 Å². The van der Waals surface area contributed by atoms with Gasteiger partial charge in [-0.2, -0.15) is 0 Å². The van der Waals surface area contributed by atoms with Crippen LogP contribution in [-0.2, 0) is 4.74 Å². The summed E-state index contributed by atoms with van der Waals surface area (Å²) in [4.78, 5) is 11.9. The highest BCUT2D eigenvalue weighted by Gasteiger charge is 2.13. The molecule has 0 saturated carbocycles. The van der Waals surface area contributed by atoms with Crippen LogP contribution in [0.15, 0.2) is 12.1 Å². The zero-order chi connectivity index (χ0) is 13.5. The van der Waals surface area contributed by atoms with Gasteiger partial charge < -0.3 is 19.5 Å². The molecule has 0 radical (unpaired) electrons. The molecule has 0 aliphatic carbocycles. The lowest BCUT2D eigenvalue weighted by Gasteiger charge is -2.12. The predicted octanol–water partition coefficient (Wildman–Crippen LogP) is 1.39. The summed E-state index contributed by atoms with van der Waals surface area (Å²) in [6, 6.07) is 3.39. The maximum atomic E-state index is 11.9. The summed E-state index contributed by atoms with van der Waals surface area (Å²) in [5.74, 6) is 1.08. The Balaban J connectivity index is 2.91. The number of nitrogens with one attached hydrogen (secondary N) is 1. The molecule has 0 bridgehead atoms. The number of rotatable bonds is 6. The molecule has 0 saturated heterocycles. The topological polar surface area (TPSA) is 56.8 Å². The minimum Gasteiger partial charge on any atom is -0.496 e. The highest BCUT2D eigenvalue weighted by atomic mass is 16.5. The van der Waals surface area contributed by atoms with E-state index in [0.29, 0.717) is 30.2 Å². The Morgan fingerprint density at radius 3 is 2.17 bits per heavy atom. The van der Waals surface area contributed by atoms with Crippen LogP contribution < -0.4 is 14.8 Å². The molecule has 100 valence electrons. The molecule has 0 aliphatic heterocycles. The fraction of sp³-hybridized carbons (Fsp3) is 0.462. The van der Waals surface area contributed by atoms with Crippen LogP contribution in [0.1, 0.15) is 15.9 Å². The Kier molecular flexibility index (Phi) is 5.45. The number of hydrogen-bond acceptors (Lipinski definition) is 4. The maximum Gasteiger partial charge on any atom is 0.251 e. The first kappa shape index (κ1) is 14.3. The molecule has 0 spiro atoms. The summed E-state index contributed by atoms with van der Waals surface area (Å²) < 4.78 is 15.3. The number of carbonyl (C=O) groups is 1. The van der Waals surface area contributed by atoms with Crippen LogP contribution in [-0.4, -0.2) is 40.4 Å². The Morgan fingerprint density at radius 2 is 1.72 bits per heavy atom. The van der Waals surface area contributed by atoms with Gasteiger partial charge in [-0.15, -0.1) is 0 Å². The molecule has 0 aliphatic rings. The van der Waals surface area contributed by atoms with E-state index in [0.717, 1.165) is 5.56 Å². The van der Waals surface area contributed by atoms with E-state index in [1.165, 1.54) is 0 Å². The molecule has 0 fully saturated rings. The van der Waals surface area contributed by atoms with Crippen molar-refractivity contribution >= 4 is 5.91 Å². The number of hydrogen-bond donors (Lipinski definition) is 1. The lowest BCUT2D eigenvalue weighted by atomic mass is 10.1. The van der Waals surface area contributed by atoms with E-state index in [9.17, 15) is 4.79 Å². The number of ether oxygens (including phenoxy) is 3. The van der Waals surface area contributed by atoms with Crippen LogP contribution in [0.5, 0.6) is 11.5 Å². The average molecular weight is 253 g/mol. The van der Waals surface area contributed by atoms with Gasteiger partial charge in [-0.05, 0) is 19.1 Å². The molecular formula is C13H19NO4. The minimum absolute atomic E-state index is 0.177. The quantitative estimate of drug-likeness (QED) is 0.778. The van der Waals surface area contributed by atoms with E-state index in [-0.39, 0.29) is 5.91 Å². The molecule has 0 unspecified atom stereocenters. The van der Waals surface area contributed by atoms with E-state index in [1.807, 2.05) is 6.92 Å². The molecule has 1 aromatic rings. The van der Waals surface area contributed by atoms with Crippen molar-refractivity contribution in [3.63, 3.8) is 0 Å². The van der Waals surface area contributed by atoms with Gasteiger partial charge in [-0.3, -0.25) is 4.79 Å². The standard InChI is InChI=1S/C13H19NO4/c1-9-11(17-3)7-10(8-12(9)18-4)13(15)14-5-6-16-2/h7-8H,5-6H2,1-4H3,(H,14,15). The molecule has 18 heavy (non-hydrogen) atoms. The van der Waals surface area contributed by atoms with Gasteiger partial charge in [0.15, 0.2) is 0 Å². The van der Waals surface area contributed by atoms with Gasteiger partial charge in [-0.1, -0.05) is 0 Å². The van der Waals surface area contributed by atoms with E-state index < -0.39 is 0 Å². The van der Waals surface area contributed by atoms with Crippen LogP contribution in [0.3, 0.4) is 0 Å². The fourth-order valence-electron chi connectivity index (χ4n) is 1.59. The Bertz CT molecular complexity index is 392. The van der Waals surface area contributed by atoms with Crippen molar-refractivity contribution in [2.24, 2.45) is 0 Å². The lowest BCUT2D eigenvalue weighted by molar-refractivity contribution is 0.0936. The summed E-state index contributed by atoms with van der Waals surface area (Å²) in [6.45, 7) is 2.82. The molecule has 0 aromatic heterocycles. The van der Waals surface area contributed by atoms with Gasteiger partial charge in [0.2, 0.25) is 0 Å². The molecule has 5 nitrogen and oxygen atoms in total. The number of benzene rings is 1. The summed E-state index contributed by atoms with van der Waals surface area (Å²) in [5.41, 5.74) is 1.37. The fourth-order valence-corrected chi connectivity index (χ4v) is 1.59. The van der Waals surface area contributed by atoms with Gasteiger partial charge in [0, 0.05) is 24.8 Å². The second kappa shape index (κ2) is 6.86. The Morgan fingerprint density at radius 1 is 1.17 bits per heavy atom. The monoisotopic (exact) mass is 253 g/mol. The van der Waals surface area contributed by atoms with Gasteiger partial charge in [0.05, 0.1) is 20.8 Å². The largest absolute Gasteiger partial charge is 0.496 e. The average Bonchev–Trinajstić information content (AvgIpc) is 2.39. The van der Waals surface area contributed by atoms with E-state index >= 15 is 0 Å². The SMILES string of the molecule is COCCNC(=O)c1cc(OC)c(C)c(OC)c1. The first-order valence-electron chi connectivity index (χ1n) is 5.63. The van der Waals surface area contributed by atoms with Crippen LogP contribution in [0, 0.1) is 6.92 Å². The van der Waals surface area contributed by atoms with E-state index in [1.54, 1.807) is 33.5 Å². The molecule has 5 heteroatoms. The lowest BCUT2D eigenvalue weighted by Crippen LogP contribution is -2.27. The Labute approximate surface area is 107 Å². The zero-order valence-corrected chi connectivity index (χ0v) is 11.2. The number of methoxy groups -OCH3 is 3. The van der Waals surface area contributed by atoms with Gasteiger partial charge >= 0.3 is 0 Å². The highest BCUT2D eigenvalue weighted by molar-refractivity contribution is 5.95. The third kappa shape index (κ3) is 3.37. The second-order valence-corrected chi connectivity index (χ2v) is 3.75. The summed E-state index contributed by atoms with van der Waals surface area (Å²) in [6.07, 6.45) is 0. The van der Waals surface area contributed by atoms with Crippen molar-refractivity contribution in [2.75, 3.05) is 34.5 Å². The van der Waals surface area contributed by atoms with Crippen molar-refractivity contribution in [2.45, 2.75) is 6.92 Å². The van der Waals surface area contributed by atoms with E-state index in [4.69, 9.17) is 14.2 Å². The van der Waals surface area contributed by atoms with Crippen molar-refractivity contribution in [1.29, 1.82) is 0 Å². The summed E-state index contributed by atoms with van der Waals surface area (Å²) in [5, 5.41) is 2.75. The van der Waals surface area contributed by atoms with E-state index in [2.05, 4.69) is 5.32 Å². The zero-order valence-electron chi connectivity index (χ0n) is 11.2. The molecule has 1 rings (SSSR count). The van der Waals surface area contributed by atoms with Crippen LogP contribution in [0.25, 0.3) is 0 Å². The van der Waals surface area contributed by atoms with Crippen molar-refractivity contribution in [3.8, 4) is 11.5 Å². The summed E-state index contributed by atoms with van der Waals surface area (Å²) in [7, 11) is 4.72. The predicted molar refractivity (Wildman–Crippen MR) is 68.5 cm³/mol. The number of carbonyl (C=O) groups excluding carboxylic acids is 1. The molecular weight excluding hydrogens is 234 g/mol. The van der Waals surface area contributed by atoms with Crippen LogP contribution in [0.2, 0.25) is 0 Å². The first-order chi connectivity index (χ1) is 8.63. The smallest absolute Gasteiger partial charge is 0.251 e. The molecule has 1 amide bonds. The van der Waals surface area contributed by atoms with Crippen molar-refractivity contribution in [1.82, 2.24) is 5.32 Å². The number of amides is 1. The van der Waals surface area contributed by atoms with Gasteiger partial charge in [0.25, 0.3) is 5.91 Å². The second-order valence-electron chi connectivity index (χ2n) is 3.75. The van der Waals surface area contributed by atoms with Gasteiger partial charge in [-0.25, -0.2) is 0 Å². The van der Waals surface area contributed by atoms with Crippen molar-refractivity contribution < 1.29 is 19.0 Å². The molecule has 0 heterocycles.